The molecule has 0 saturated carbocycles. The molecule has 5 rings (SSSR count). The van der Waals surface area contributed by atoms with Crippen molar-refractivity contribution in [3.63, 3.8) is 0 Å². The van der Waals surface area contributed by atoms with E-state index in [4.69, 9.17) is 4.74 Å². The molecule has 0 aliphatic carbocycles. The molecule has 1 aliphatic heterocycles. The third kappa shape index (κ3) is 7.55. The predicted molar refractivity (Wildman–Crippen MR) is 165 cm³/mol. The van der Waals surface area contributed by atoms with E-state index in [-0.39, 0.29) is 16.0 Å². The van der Waals surface area contributed by atoms with Crippen molar-refractivity contribution < 1.29 is 17.5 Å². The lowest BCUT2D eigenvalue weighted by atomic mass is 9.91. The zero-order chi connectivity index (χ0) is 29.7. The van der Waals surface area contributed by atoms with Crippen molar-refractivity contribution in [3.05, 3.63) is 119 Å². The van der Waals surface area contributed by atoms with E-state index in [2.05, 4.69) is 59.6 Å². The SMILES string of the molecule is CC(C)(C)c1ccc(CN2CCc3cc(S(=O)(=O)Nc4ccc(OCCCc5ccccc5)cc4F)ccc3C2)cn1. The van der Waals surface area contributed by atoms with E-state index in [9.17, 15) is 12.8 Å². The van der Waals surface area contributed by atoms with Crippen molar-refractivity contribution in [1.82, 2.24) is 9.88 Å². The zero-order valence-electron chi connectivity index (χ0n) is 24.4. The maximum atomic E-state index is 14.8. The Morgan fingerprint density at radius 3 is 2.48 bits per heavy atom. The Labute approximate surface area is 248 Å². The number of fused-ring (bicyclic) bond motifs is 1. The number of pyridine rings is 1. The van der Waals surface area contributed by atoms with Crippen LogP contribution in [0.15, 0.2) is 90.0 Å². The van der Waals surface area contributed by atoms with Gasteiger partial charge < -0.3 is 4.74 Å². The van der Waals surface area contributed by atoms with E-state index in [0.717, 1.165) is 61.3 Å². The maximum Gasteiger partial charge on any atom is 0.261 e. The lowest BCUT2D eigenvalue weighted by molar-refractivity contribution is 0.245. The molecule has 2 heterocycles. The number of aromatic nitrogens is 1. The molecular formula is C34H38FN3O3S. The molecule has 0 radical (unpaired) electrons. The van der Waals surface area contributed by atoms with Gasteiger partial charge in [-0.2, -0.15) is 0 Å². The standard InChI is InChI=1S/C34H38FN3O3S/c1-34(2,3)33-16-11-26(22-36-33)23-38-18-17-27-20-30(14-12-28(27)24-38)42(39,40)37-32-15-13-29(21-31(32)35)41-19-7-10-25-8-5-4-6-9-25/h4-6,8-9,11-16,20-22,37H,7,10,17-19,23-24H2,1-3H3. The van der Waals surface area contributed by atoms with Gasteiger partial charge in [-0.1, -0.05) is 63.2 Å². The molecular weight excluding hydrogens is 549 g/mol. The van der Waals surface area contributed by atoms with Crippen molar-refractivity contribution in [2.24, 2.45) is 0 Å². The third-order valence-corrected chi connectivity index (χ3v) is 8.85. The van der Waals surface area contributed by atoms with Gasteiger partial charge in [0.2, 0.25) is 0 Å². The predicted octanol–water partition coefficient (Wildman–Crippen LogP) is 6.89. The van der Waals surface area contributed by atoms with Crippen LogP contribution in [0, 0.1) is 5.82 Å². The molecule has 6 nitrogen and oxygen atoms in total. The fourth-order valence-electron chi connectivity index (χ4n) is 5.09. The van der Waals surface area contributed by atoms with Crippen LogP contribution in [-0.2, 0) is 41.4 Å². The van der Waals surface area contributed by atoms with Gasteiger partial charge in [-0.25, -0.2) is 12.8 Å². The Balaban J connectivity index is 1.17. The van der Waals surface area contributed by atoms with Gasteiger partial charge in [0.15, 0.2) is 5.82 Å². The number of sulfonamides is 1. The van der Waals surface area contributed by atoms with Crippen LogP contribution in [-0.4, -0.2) is 31.5 Å². The van der Waals surface area contributed by atoms with E-state index in [1.165, 1.54) is 17.7 Å². The van der Waals surface area contributed by atoms with Gasteiger partial charge in [-0.3, -0.25) is 14.6 Å². The number of hydrogen-bond donors (Lipinski definition) is 1. The quantitative estimate of drug-likeness (QED) is 0.205. The second kappa shape index (κ2) is 12.6. The first kappa shape index (κ1) is 29.7. The molecule has 1 aliphatic rings. The molecule has 42 heavy (non-hydrogen) atoms. The van der Waals surface area contributed by atoms with Crippen LogP contribution in [0.1, 0.15) is 55.1 Å². The molecule has 4 aromatic rings. The first-order valence-electron chi connectivity index (χ1n) is 14.4. The number of anilines is 1. The molecule has 8 heteroatoms. The average molecular weight is 588 g/mol. The van der Waals surface area contributed by atoms with Crippen LogP contribution in [0.4, 0.5) is 10.1 Å². The zero-order valence-corrected chi connectivity index (χ0v) is 25.3. The van der Waals surface area contributed by atoms with Crippen LogP contribution < -0.4 is 9.46 Å². The molecule has 1 aromatic heterocycles. The molecule has 0 bridgehead atoms. The van der Waals surface area contributed by atoms with Crippen LogP contribution >= 0.6 is 0 Å². The Morgan fingerprint density at radius 1 is 0.952 bits per heavy atom. The highest BCUT2D eigenvalue weighted by molar-refractivity contribution is 7.92. The first-order chi connectivity index (χ1) is 20.1. The van der Waals surface area contributed by atoms with E-state index >= 15 is 0 Å². The Hall–Kier alpha value is -3.75. The molecule has 1 N–H and O–H groups in total. The number of aryl methyl sites for hydroxylation is 1. The summed E-state index contributed by atoms with van der Waals surface area (Å²) in [5.74, 6) is -0.319. The maximum absolute atomic E-state index is 14.8. The molecule has 0 fully saturated rings. The normalized spacial score (nSPS) is 13.9. The van der Waals surface area contributed by atoms with Gasteiger partial charge >= 0.3 is 0 Å². The minimum atomic E-state index is -3.96. The van der Waals surface area contributed by atoms with Gasteiger partial charge in [0, 0.05) is 43.0 Å². The van der Waals surface area contributed by atoms with E-state index in [1.807, 2.05) is 30.5 Å². The molecule has 0 amide bonds. The van der Waals surface area contributed by atoms with Crippen molar-refractivity contribution in [3.8, 4) is 5.75 Å². The fraction of sp³-hybridized carbons (Fsp3) is 0.324. The fourth-order valence-corrected chi connectivity index (χ4v) is 6.21. The van der Waals surface area contributed by atoms with Crippen molar-refractivity contribution >= 4 is 15.7 Å². The Bertz CT molecular complexity index is 1620. The molecule has 0 spiro atoms. The number of halogens is 1. The largest absolute Gasteiger partial charge is 0.493 e. The summed E-state index contributed by atoms with van der Waals surface area (Å²) in [6.07, 6.45) is 4.33. The lowest BCUT2D eigenvalue weighted by Gasteiger charge is -2.29. The molecule has 3 aromatic carbocycles. The van der Waals surface area contributed by atoms with Gasteiger partial charge in [0.25, 0.3) is 10.0 Å². The highest BCUT2D eigenvalue weighted by Crippen LogP contribution is 2.27. The minimum Gasteiger partial charge on any atom is -0.493 e. The van der Waals surface area contributed by atoms with E-state index in [1.54, 1.807) is 18.2 Å². The summed E-state index contributed by atoms with van der Waals surface area (Å²) in [6, 6.07) is 23.7. The summed E-state index contributed by atoms with van der Waals surface area (Å²) < 4.78 is 49.2. The van der Waals surface area contributed by atoms with Crippen LogP contribution in [0.25, 0.3) is 0 Å². The number of nitrogens with one attached hydrogen (secondary N) is 1. The van der Waals surface area contributed by atoms with Gasteiger partial charge in [-0.05, 0) is 71.8 Å². The summed E-state index contributed by atoms with van der Waals surface area (Å²) >= 11 is 0. The van der Waals surface area contributed by atoms with Crippen molar-refractivity contribution in [2.75, 3.05) is 17.9 Å². The van der Waals surface area contributed by atoms with E-state index in [0.29, 0.717) is 12.4 Å². The summed E-state index contributed by atoms with van der Waals surface area (Å²) in [6.45, 7) is 9.21. The number of rotatable bonds is 10. The van der Waals surface area contributed by atoms with Crippen LogP contribution in [0.3, 0.4) is 0 Å². The smallest absolute Gasteiger partial charge is 0.261 e. The lowest BCUT2D eigenvalue weighted by Crippen LogP contribution is -2.30. The first-order valence-corrected chi connectivity index (χ1v) is 15.8. The van der Waals surface area contributed by atoms with Crippen molar-refractivity contribution in [1.29, 1.82) is 0 Å². The second-order valence-electron chi connectivity index (χ2n) is 11.9. The third-order valence-electron chi connectivity index (χ3n) is 7.48. The monoisotopic (exact) mass is 587 g/mol. The molecule has 0 unspecified atom stereocenters. The number of ether oxygens (including phenoxy) is 1. The number of nitrogens with zero attached hydrogens (tertiary/aromatic N) is 2. The van der Waals surface area contributed by atoms with Crippen LogP contribution in [0.5, 0.6) is 5.75 Å². The van der Waals surface area contributed by atoms with Crippen molar-refractivity contribution in [2.45, 2.75) is 63.4 Å². The number of benzene rings is 3. The second-order valence-corrected chi connectivity index (χ2v) is 13.6. The minimum absolute atomic E-state index is 0.0157. The number of hydrogen-bond acceptors (Lipinski definition) is 5. The topological polar surface area (TPSA) is 71.5 Å². The summed E-state index contributed by atoms with van der Waals surface area (Å²) in [5.41, 5.74) is 5.44. The highest BCUT2D eigenvalue weighted by Gasteiger charge is 2.22. The Morgan fingerprint density at radius 2 is 1.76 bits per heavy atom. The van der Waals surface area contributed by atoms with E-state index < -0.39 is 15.8 Å². The molecule has 0 saturated heterocycles. The summed E-state index contributed by atoms with van der Waals surface area (Å²) in [4.78, 5) is 7.10. The van der Waals surface area contributed by atoms with Crippen LogP contribution in [0.2, 0.25) is 0 Å². The van der Waals surface area contributed by atoms with Gasteiger partial charge in [0.1, 0.15) is 5.75 Å². The Kier molecular flexibility index (Phi) is 8.94. The molecule has 220 valence electrons. The summed E-state index contributed by atoms with van der Waals surface area (Å²) in [7, 11) is -3.96. The average Bonchev–Trinajstić information content (AvgIpc) is 2.97. The van der Waals surface area contributed by atoms with Gasteiger partial charge in [0.05, 0.1) is 17.2 Å². The van der Waals surface area contributed by atoms with Gasteiger partial charge in [-0.15, -0.1) is 0 Å². The summed E-state index contributed by atoms with van der Waals surface area (Å²) in [5, 5.41) is 0. The highest BCUT2D eigenvalue weighted by atomic mass is 32.2. The molecule has 0 atom stereocenters.